The molecule has 1 aliphatic heterocycles. The average molecular weight is 366 g/mol. The number of ether oxygens (including phenoxy) is 1. The highest BCUT2D eigenvalue weighted by atomic mass is 79.9. The van der Waals surface area contributed by atoms with Crippen LogP contribution in [0.1, 0.15) is 17.9 Å². The van der Waals surface area contributed by atoms with Gasteiger partial charge in [-0.3, -0.25) is 4.21 Å². The van der Waals surface area contributed by atoms with Crippen LogP contribution >= 0.6 is 15.9 Å². The minimum Gasteiger partial charge on any atom is -0.493 e. The zero-order chi connectivity index (χ0) is 14.8. The summed E-state index contributed by atoms with van der Waals surface area (Å²) in [5.74, 6) is 1.73. The van der Waals surface area contributed by atoms with Gasteiger partial charge in [0.1, 0.15) is 5.75 Å². The zero-order valence-electron chi connectivity index (χ0n) is 11.4. The quantitative estimate of drug-likeness (QED) is 0.843. The Morgan fingerprint density at radius 3 is 2.95 bits per heavy atom. The van der Waals surface area contributed by atoms with Gasteiger partial charge >= 0.3 is 0 Å². The van der Waals surface area contributed by atoms with Gasteiger partial charge in [-0.2, -0.15) is 0 Å². The molecule has 0 amide bonds. The summed E-state index contributed by atoms with van der Waals surface area (Å²) in [6.07, 6.45) is 0.886. The number of fused-ring (bicyclic) bond motifs is 1. The van der Waals surface area contributed by atoms with E-state index in [2.05, 4.69) is 22.0 Å². The number of rotatable bonds is 3. The summed E-state index contributed by atoms with van der Waals surface area (Å²) in [5.41, 5.74) is 7.68. The third kappa shape index (κ3) is 3.14. The minimum atomic E-state index is -1.12. The van der Waals surface area contributed by atoms with E-state index in [1.54, 1.807) is 6.07 Å². The van der Waals surface area contributed by atoms with Gasteiger partial charge in [0.2, 0.25) is 0 Å². The van der Waals surface area contributed by atoms with E-state index in [9.17, 15) is 4.21 Å². The Balaban J connectivity index is 1.84. The van der Waals surface area contributed by atoms with Crippen molar-refractivity contribution in [3.63, 3.8) is 0 Å². The Kier molecular flexibility index (Phi) is 4.31. The van der Waals surface area contributed by atoms with Crippen molar-refractivity contribution >= 4 is 32.4 Å². The van der Waals surface area contributed by atoms with E-state index < -0.39 is 10.8 Å². The van der Waals surface area contributed by atoms with Crippen molar-refractivity contribution in [2.45, 2.75) is 17.2 Å². The van der Waals surface area contributed by atoms with Crippen molar-refractivity contribution in [3.05, 3.63) is 52.5 Å². The molecule has 110 valence electrons. The van der Waals surface area contributed by atoms with E-state index >= 15 is 0 Å². The Hall–Kier alpha value is -1.33. The fraction of sp³-hybridized carbons (Fsp3) is 0.250. The van der Waals surface area contributed by atoms with E-state index in [0.717, 1.165) is 22.2 Å². The summed E-state index contributed by atoms with van der Waals surface area (Å²) in [7, 11) is -1.12. The average Bonchev–Trinajstić information content (AvgIpc) is 2.50. The second kappa shape index (κ2) is 6.20. The fourth-order valence-corrected chi connectivity index (χ4v) is 4.56. The Labute approximate surface area is 135 Å². The molecule has 5 heteroatoms. The van der Waals surface area contributed by atoms with Crippen molar-refractivity contribution < 1.29 is 8.95 Å². The third-order valence-electron chi connectivity index (χ3n) is 3.66. The Morgan fingerprint density at radius 1 is 1.29 bits per heavy atom. The molecule has 0 saturated carbocycles. The molecular weight excluding hydrogens is 350 g/mol. The van der Waals surface area contributed by atoms with Crippen LogP contribution in [0.15, 0.2) is 51.8 Å². The number of hydrogen-bond acceptors (Lipinski definition) is 3. The highest BCUT2D eigenvalue weighted by Gasteiger charge is 2.24. The smallest absolute Gasteiger partial charge is 0.122 e. The van der Waals surface area contributed by atoms with Crippen LogP contribution in [0.25, 0.3) is 0 Å². The second-order valence-corrected chi connectivity index (χ2v) is 7.45. The van der Waals surface area contributed by atoms with E-state index in [1.165, 1.54) is 0 Å². The summed E-state index contributed by atoms with van der Waals surface area (Å²) in [6.45, 7) is 0.673. The van der Waals surface area contributed by atoms with Gasteiger partial charge in [-0.15, -0.1) is 0 Å². The molecular formula is C16H16BrNO2S. The van der Waals surface area contributed by atoms with Gasteiger partial charge < -0.3 is 10.5 Å². The first-order chi connectivity index (χ1) is 10.1. The Morgan fingerprint density at radius 2 is 2.10 bits per heavy atom. The second-order valence-electron chi connectivity index (χ2n) is 5.07. The summed E-state index contributed by atoms with van der Waals surface area (Å²) in [4.78, 5) is 0.702. The highest BCUT2D eigenvalue weighted by Crippen LogP contribution is 2.35. The molecule has 2 unspecified atom stereocenters. The number of hydrogen-bond donors (Lipinski definition) is 1. The number of para-hydroxylation sites is 1. The summed E-state index contributed by atoms with van der Waals surface area (Å²) >= 11 is 3.41. The molecule has 0 radical (unpaired) electrons. The van der Waals surface area contributed by atoms with Crippen molar-refractivity contribution in [2.75, 3.05) is 18.1 Å². The number of halogens is 1. The maximum absolute atomic E-state index is 12.7. The van der Waals surface area contributed by atoms with Gasteiger partial charge in [-0.25, -0.2) is 0 Å². The molecule has 2 aromatic rings. The van der Waals surface area contributed by atoms with E-state index in [4.69, 9.17) is 10.5 Å². The lowest BCUT2D eigenvalue weighted by Gasteiger charge is -2.25. The monoisotopic (exact) mass is 365 g/mol. The molecule has 0 aliphatic carbocycles. The van der Waals surface area contributed by atoms with E-state index in [1.807, 2.05) is 30.3 Å². The number of benzene rings is 2. The normalized spacial score (nSPS) is 18.6. The summed E-state index contributed by atoms with van der Waals surface area (Å²) in [5, 5.41) is 0. The molecule has 0 saturated heterocycles. The third-order valence-corrected chi connectivity index (χ3v) is 5.70. The first-order valence-electron chi connectivity index (χ1n) is 6.80. The number of anilines is 1. The predicted octanol–water partition coefficient (Wildman–Crippen LogP) is 3.71. The molecule has 1 aliphatic rings. The molecule has 3 rings (SSSR count). The topological polar surface area (TPSA) is 52.3 Å². The standard InChI is InChI=1S/C16H16BrNO2S/c17-12-5-6-14(18)16(9-12)21(19)10-11-7-8-20-15-4-2-1-3-13(11)15/h1-6,9,11H,7-8,10,18H2. The molecule has 0 aromatic heterocycles. The van der Waals surface area contributed by atoms with Crippen LogP contribution < -0.4 is 10.5 Å². The molecule has 0 fully saturated rings. The van der Waals surface area contributed by atoms with E-state index in [-0.39, 0.29) is 5.92 Å². The molecule has 0 bridgehead atoms. The molecule has 3 nitrogen and oxygen atoms in total. The highest BCUT2D eigenvalue weighted by molar-refractivity contribution is 9.10. The lowest BCUT2D eigenvalue weighted by atomic mass is 9.95. The summed E-state index contributed by atoms with van der Waals surface area (Å²) < 4.78 is 19.2. The molecule has 1 heterocycles. The maximum Gasteiger partial charge on any atom is 0.122 e. The number of nitrogen functional groups attached to an aromatic ring is 1. The van der Waals surface area contributed by atoms with Crippen molar-refractivity contribution in [3.8, 4) is 5.75 Å². The molecule has 21 heavy (non-hydrogen) atoms. The van der Waals surface area contributed by atoms with Crippen LogP contribution in [0.3, 0.4) is 0 Å². The van der Waals surface area contributed by atoms with Gasteiger partial charge in [-0.05, 0) is 36.2 Å². The van der Waals surface area contributed by atoms with Gasteiger partial charge in [0.05, 0.1) is 22.3 Å². The van der Waals surface area contributed by atoms with Crippen LogP contribution in [-0.2, 0) is 10.8 Å². The van der Waals surface area contributed by atoms with Crippen molar-refractivity contribution in [1.29, 1.82) is 0 Å². The minimum absolute atomic E-state index is 0.245. The van der Waals surface area contributed by atoms with Gasteiger partial charge in [-0.1, -0.05) is 34.1 Å². The lowest BCUT2D eigenvalue weighted by Crippen LogP contribution is -2.19. The van der Waals surface area contributed by atoms with Gasteiger partial charge in [0, 0.05) is 21.8 Å². The van der Waals surface area contributed by atoms with Crippen LogP contribution in [0.2, 0.25) is 0 Å². The fourth-order valence-electron chi connectivity index (χ4n) is 2.57. The van der Waals surface area contributed by atoms with Crippen LogP contribution in [-0.4, -0.2) is 16.6 Å². The predicted molar refractivity (Wildman–Crippen MR) is 89.1 cm³/mol. The first kappa shape index (κ1) is 14.6. The largest absolute Gasteiger partial charge is 0.493 e. The zero-order valence-corrected chi connectivity index (χ0v) is 13.8. The molecule has 2 aromatic carbocycles. The maximum atomic E-state index is 12.7. The first-order valence-corrected chi connectivity index (χ1v) is 8.91. The van der Waals surface area contributed by atoms with Crippen LogP contribution in [0, 0.1) is 0 Å². The van der Waals surface area contributed by atoms with Crippen molar-refractivity contribution in [1.82, 2.24) is 0 Å². The number of nitrogens with two attached hydrogens (primary N) is 1. The Bertz CT molecular complexity index is 690. The van der Waals surface area contributed by atoms with Crippen LogP contribution in [0.5, 0.6) is 5.75 Å². The van der Waals surface area contributed by atoms with Gasteiger partial charge in [0.15, 0.2) is 0 Å². The van der Waals surface area contributed by atoms with Gasteiger partial charge in [0.25, 0.3) is 0 Å². The van der Waals surface area contributed by atoms with E-state index in [0.29, 0.717) is 22.9 Å². The molecule has 2 atom stereocenters. The van der Waals surface area contributed by atoms with Crippen LogP contribution in [0.4, 0.5) is 5.69 Å². The molecule has 2 N–H and O–H groups in total. The molecule has 0 spiro atoms. The SMILES string of the molecule is Nc1ccc(Br)cc1S(=O)CC1CCOc2ccccc21. The lowest BCUT2D eigenvalue weighted by molar-refractivity contribution is 0.273. The summed E-state index contributed by atoms with van der Waals surface area (Å²) in [6, 6.07) is 13.5. The van der Waals surface area contributed by atoms with Crippen molar-refractivity contribution in [2.24, 2.45) is 0 Å².